The number of fused-ring (bicyclic) bond motifs is 8. The Kier molecular flexibility index (Phi) is 18.3. The number of ether oxygens (including phenoxy) is 4. The molecule has 0 fully saturated rings. The number of hydrogen-bond acceptors (Lipinski definition) is 6. The maximum atomic E-state index is 7.00. The Morgan fingerprint density at radius 3 is 1.23 bits per heavy atom. The third-order valence-electron chi connectivity index (χ3n) is 8.83. The molecule has 2 aliphatic heterocycles. The third kappa shape index (κ3) is 9.02. The smallest absolute Gasteiger partial charge is 0.213 e. The molecular formula is C40H48Cl2N2O8. The van der Waals surface area contributed by atoms with Gasteiger partial charge in [-0.2, -0.15) is 9.13 Å². The average Bonchev–Trinajstić information content (AvgIpc) is 3.17. The fourth-order valence-electron chi connectivity index (χ4n) is 6.54. The van der Waals surface area contributed by atoms with Gasteiger partial charge >= 0.3 is 0 Å². The summed E-state index contributed by atoms with van der Waals surface area (Å²) in [5, 5.41) is 18.7. The van der Waals surface area contributed by atoms with Crippen LogP contribution in [0.4, 0.5) is 0 Å². The first kappa shape index (κ1) is 45.3. The summed E-state index contributed by atoms with van der Waals surface area (Å²) in [4.78, 5) is 0. The minimum absolute atomic E-state index is 0. The molecule has 0 unspecified atom stereocenters. The van der Waals surface area contributed by atoms with E-state index in [1.165, 1.54) is 44.4 Å². The molecule has 0 saturated heterocycles. The average molecular weight is 756 g/mol. The topological polar surface area (TPSA) is 148 Å². The fraction of sp³-hybridized carbons (Fsp3) is 0.250. The van der Waals surface area contributed by atoms with Crippen LogP contribution in [0.1, 0.15) is 11.1 Å². The fourth-order valence-corrected chi connectivity index (χ4v) is 6.54. The van der Waals surface area contributed by atoms with Gasteiger partial charge in [-0.25, -0.2) is 0 Å². The van der Waals surface area contributed by atoms with Crippen LogP contribution in [-0.2, 0) is 25.9 Å². The highest BCUT2D eigenvalue weighted by molar-refractivity contribution is 5.90. The first-order valence-electron chi connectivity index (χ1n) is 15.8. The van der Waals surface area contributed by atoms with E-state index in [-0.39, 0.29) is 35.8 Å². The molecule has 0 atom stereocenters. The first-order chi connectivity index (χ1) is 23.6. The Morgan fingerprint density at radius 1 is 0.500 bits per heavy atom. The van der Waals surface area contributed by atoms with Gasteiger partial charge in [0, 0.05) is 50.3 Å². The van der Waals surface area contributed by atoms with Gasteiger partial charge in [0.2, 0.25) is 11.4 Å². The van der Waals surface area contributed by atoms with E-state index in [0.29, 0.717) is 0 Å². The Balaban J connectivity index is 0.000000444. The highest BCUT2D eigenvalue weighted by Gasteiger charge is 2.26. The van der Waals surface area contributed by atoms with Crippen LogP contribution in [-0.4, -0.2) is 63.8 Å². The van der Waals surface area contributed by atoms with E-state index < -0.39 is 0 Å². The third-order valence-corrected chi connectivity index (χ3v) is 8.83. The number of aryl methyl sites for hydroxylation is 4. The van der Waals surface area contributed by atoms with Gasteiger partial charge in [-0.1, -0.05) is 24.3 Å². The second-order valence-corrected chi connectivity index (χ2v) is 11.2. The number of hydrogen-bond donors (Lipinski definition) is 2. The van der Waals surface area contributed by atoms with E-state index in [0.717, 1.165) is 73.9 Å². The lowest BCUT2D eigenvalue weighted by atomic mass is 9.95. The van der Waals surface area contributed by atoms with Gasteiger partial charge in [-0.15, -0.1) is 0 Å². The van der Waals surface area contributed by atoms with E-state index in [1.54, 1.807) is 28.4 Å². The van der Waals surface area contributed by atoms with Gasteiger partial charge in [0.05, 0.1) is 39.2 Å². The van der Waals surface area contributed by atoms with Crippen molar-refractivity contribution in [2.24, 2.45) is 0 Å². The van der Waals surface area contributed by atoms with Gasteiger partial charge in [0.15, 0.2) is 25.5 Å². The number of aliphatic hydroxyl groups excluding tert-OH is 2. The number of halogens is 2. The second-order valence-electron chi connectivity index (χ2n) is 11.2. The zero-order valence-electron chi connectivity index (χ0n) is 30.2. The van der Waals surface area contributed by atoms with Crippen LogP contribution in [0.25, 0.3) is 44.1 Å². The van der Waals surface area contributed by atoms with Crippen molar-refractivity contribution in [3.05, 3.63) is 108 Å². The Bertz CT molecular complexity index is 1910. The molecule has 0 bridgehead atoms. The molecule has 280 valence electrons. The van der Waals surface area contributed by atoms with E-state index >= 15 is 0 Å². The van der Waals surface area contributed by atoms with E-state index in [1.807, 2.05) is 36.4 Å². The molecule has 0 aliphatic carbocycles. The van der Waals surface area contributed by atoms with Crippen molar-refractivity contribution >= 4 is 21.5 Å². The summed E-state index contributed by atoms with van der Waals surface area (Å²) in [6, 6.07) is 29.5. The summed E-state index contributed by atoms with van der Waals surface area (Å²) in [6.45, 7) is 1.95. The van der Waals surface area contributed by atoms with Crippen molar-refractivity contribution in [3.8, 4) is 45.5 Å². The quantitative estimate of drug-likeness (QED) is 0.206. The minimum Gasteiger partial charge on any atom is -1.00 e. The lowest BCUT2D eigenvalue weighted by molar-refractivity contribution is -0.686. The standard InChI is InChI=1S/2C19H18NO2.2CH4O.2ClH.2H2O/c2*1-21-15-6-7-16-14(10-15)8-9-20-12-17-13(11-18(16)20)4-3-5-19(17)22-2;2*1-2;;;;/h2*3-7,10-12H,8-9H2,1-2H3;2*2H,1H3;2*1H;2*1H2/q2*+1;;;;;;/p-2. The molecule has 0 radical (unpaired) electrons. The molecule has 12 heteroatoms. The number of pyridine rings is 2. The molecule has 4 heterocycles. The number of methoxy groups -OCH3 is 4. The normalized spacial score (nSPS) is 10.9. The minimum atomic E-state index is 0. The van der Waals surface area contributed by atoms with Gasteiger partial charge in [-0.3, -0.25) is 0 Å². The summed E-state index contributed by atoms with van der Waals surface area (Å²) in [6.07, 6.45) is 6.45. The molecule has 4 aromatic carbocycles. The molecule has 0 saturated carbocycles. The number of rotatable bonds is 4. The molecule has 6 N–H and O–H groups in total. The first-order valence-corrected chi connectivity index (χ1v) is 15.8. The van der Waals surface area contributed by atoms with Gasteiger partial charge < -0.3 is 64.9 Å². The Hall–Kier alpha value is -4.68. The van der Waals surface area contributed by atoms with Crippen molar-refractivity contribution in [2.45, 2.75) is 25.9 Å². The van der Waals surface area contributed by atoms with Crippen LogP contribution >= 0.6 is 0 Å². The molecule has 0 amide bonds. The van der Waals surface area contributed by atoms with Gasteiger partial charge in [-0.05, 0) is 70.4 Å². The maximum Gasteiger partial charge on any atom is 0.213 e. The predicted octanol–water partition coefficient (Wildman–Crippen LogP) is -1.69. The molecule has 6 aromatic rings. The zero-order valence-corrected chi connectivity index (χ0v) is 31.8. The predicted molar refractivity (Wildman–Crippen MR) is 196 cm³/mol. The zero-order chi connectivity index (χ0) is 34.2. The van der Waals surface area contributed by atoms with Crippen LogP contribution in [0.2, 0.25) is 0 Å². The largest absolute Gasteiger partial charge is 1.00 e. The van der Waals surface area contributed by atoms with Crippen molar-refractivity contribution in [2.75, 3.05) is 42.7 Å². The van der Waals surface area contributed by atoms with Crippen LogP contribution < -0.4 is 52.9 Å². The molecule has 2 aromatic heterocycles. The number of aromatic nitrogens is 2. The molecule has 52 heavy (non-hydrogen) atoms. The Labute approximate surface area is 317 Å². The highest BCUT2D eigenvalue weighted by atomic mass is 35.5. The van der Waals surface area contributed by atoms with Crippen molar-refractivity contribution in [1.82, 2.24) is 0 Å². The lowest BCUT2D eigenvalue weighted by Crippen LogP contribution is -3.00. The summed E-state index contributed by atoms with van der Waals surface area (Å²) in [7, 11) is 8.88. The summed E-state index contributed by atoms with van der Waals surface area (Å²) < 4.78 is 26.3. The SMILES string of the molecule is CO.CO.COc1ccc2c(c1)CC[n+]1cc3c(OC)cccc3cc1-2.COc1ccc2c(c1)CC[n+]1cc3c(OC)cccc3cc1-2.O.O.[Cl-].[Cl-]. The number of benzene rings is 4. The van der Waals surface area contributed by atoms with E-state index in [4.69, 9.17) is 29.2 Å². The molecule has 0 spiro atoms. The van der Waals surface area contributed by atoms with Crippen LogP contribution in [0.5, 0.6) is 23.0 Å². The van der Waals surface area contributed by atoms with E-state index in [2.05, 4.69) is 70.1 Å². The molecular weight excluding hydrogens is 707 g/mol. The Morgan fingerprint density at radius 2 is 0.885 bits per heavy atom. The monoisotopic (exact) mass is 754 g/mol. The van der Waals surface area contributed by atoms with Crippen LogP contribution in [0.15, 0.2) is 97.3 Å². The van der Waals surface area contributed by atoms with Crippen molar-refractivity contribution in [1.29, 1.82) is 0 Å². The van der Waals surface area contributed by atoms with Gasteiger partial charge in [0.25, 0.3) is 0 Å². The molecule has 10 nitrogen and oxygen atoms in total. The molecule has 2 aliphatic rings. The highest BCUT2D eigenvalue weighted by Crippen LogP contribution is 2.34. The number of aliphatic hydroxyl groups is 2. The molecule has 8 rings (SSSR count). The van der Waals surface area contributed by atoms with E-state index in [9.17, 15) is 0 Å². The van der Waals surface area contributed by atoms with Crippen molar-refractivity contribution < 1.29 is 74.1 Å². The summed E-state index contributed by atoms with van der Waals surface area (Å²) in [5.74, 6) is 3.70. The van der Waals surface area contributed by atoms with Gasteiger partial charge in [0.1, 0.15) is 23.0 Å². The lowest BCUT2D eigenvalue weighted by Gasteiger charge is -2.16. The summed E-state index contributed by atoms with van der Waals surface area (Å²) >= 11 is 0. The van der Waals surface area contributed by atoms with Crippen molar-refractivity contribution in [3.63, 3.8) is 0 Å². The van der Waals surface area contributed by atoms with Crippen LogP contribution in [0.3, 0.4) is 0 Å². The second kappa shape index (κ2) is 21.0. The maximum absolute atomic E-state index is 7.00. The van der Waals surface area contributed by atoms with Crippen LogP contribution in [0, 0.1) is 0 Å². The number of nitrogens with zero attached hydrogens (tertiary/aromatic N) is 2. The summed E-state index contributed by atoms with van der Waals surface area (Å²) in [5.41, 5.74) is 7.78.